The summed E-state index contributed by atoms with van der Waals surface area (Å²) in [6.45, 7) is 1.95. The van der Waals surface area contributed by atoms with E-state index in [9.17, 15) is 8.42 Å². The van der Waals surface area contributed by atoms with Crippen LogP contribution >= 0.6 is 0 Å². The standard InChI is InChI=1S/C13H16N2O3S/c1-3-14-8-10-15(11-9-14)19(16,17)13-6-4-12(18-2)5-7-13/h1,4-7H,8-11H2,2H3. The number of methoxy groups -OCH3 is 1. The molecule has 102 valence electrons. The van der Waals surface area contributed by atoms with Crippen molar-refractivity contribution in [2.45, 2.75) is 4.90 Å². The molecule has 1 heterocycles. The Labute approximate surface area is 113 Å². The molecule has 0 bridgehead atoms. The van der Waals surface area contributed by atoms with Crippen LogP contribution in [-0.4, -0.2) is 50.9 Å². The lowest BCUT2D eigenvalue weighted by molar-refractivity contribution is 0.256. The van der Waals surface area contributed by atoms with Crippen molar-refractivity contribution in [1.82, 2.24) is 9.21 Å². The highest BCUT2D eigenvalue weighted by molar-refractivity contribution is 7.89. The van der Waals surface area contributed by atoms with Crippen molar-refractivity contribution >= 4 is 10.0 Å². The Bertz CT molecular complexity index is 567. The van der Waals surface area contributed by atoms with E-state index in [1.807, 2.05) is 0 Å². The minimum Gasteiger partial charge on any atom is -0.497 e. The Balaban J connectivity index is 2.16. The average Bonchev–Trinajstić information content (AvgIpc) is 2.47. The minimum atomic E-state index is -3.44. The number of rotatable bonds is 3. The van der Waals surface area contributed by atoms with Gasteiger partial charge in [-0.1, -0.05) is 6.42 Å². The highest BCUT2D eigenvalue weighted by Crippen LogP contribution is 2.20. The first-order chi connectivity index (χ1) is 9.07. The first-order valence-corrected chi connectivity index (χ1v) is 7.37. The van der Waals surface area contributed by atoms with Gasteiger partial charge in [0.15, 0.2) is 0 Å². The molecule has 0 N–H and O–H groups in total. The first kappa shape index (κ1) is 13.7. The molecule has 0 saturated carbocycles. The second-order valence-corrected chi connectivity index (χ2v) is 6.13. The fourth-order valence-corrected chi connectivity index (χ4v) is 3.38. The Morgan fingerprint density at radius 2 is 1.74 bits per heavy atom. The van der Waals surface area contributed by atoms with E-state index in [2.05, 4.69) is 6.04 Å². The van der Waals surface area contributed by atoms with Crippen molar-refractivity contribution in [1.29, 1.82) is 0 Å². The zero-order valence-electron chi connectivity index (χ0n) is 10.7. The van der Waals surface area contributed by atoms with Gasteiger partial charge in [-0.3, -0.25) is 0 Å². The molecule has 5 nitrogen and oxygen atoms in total. The highest BCUT2D eigenvalue weighted by atomic mass is 32.2. The number of benzene rings is 1. The van der Waals surface area contributed by atoms with Crippen LogP contribution in [0.2, 0.25) is 0 Å². The summed E-state index contributed by atoms with van der Waals surface area (Å²) in [7, 11) is -1.89. The number of nitrogens with zero attached hydrogens (tertiary/aromatic N) is 2. The van der Waals surface area contributed by atoms with Crippen LogP contribution in [0.15, 0.2) is 29.2 Å². The molecule has 0 atom stereocenters. The number of terminal acetylenes is 1. The summed E-state index contributed by atoms with van der Waals surface area (Å²) in [6, 6.07) is 8.93. The molecule has 1 aliphatic heterocycles. The van der Waals surface area contributed by atoms with Crippen LogP contribution in [0.5, 0.6) is 5.75 Å². The van der Waals surface area contributed by atoms with Gasteiger partial charge in [0.2, 0.25) is 10.0 Å². The Morgan fingerprint density at radius 3 is 2.21 bits per heavy atom. The Kier molecular flexibility index (Phi) is 3.98. The third kappa shape index (κ3) is 2.83. The summed E-state index contributed by atoms with van der Waals surface area (Å²) in [6.07, 6.45) is 5.29. The third-order valence-electron chi connectivity index (χ3n) is 3.12. The maximum Gasteiger partial charge on any atom is 0.243 e. The lowest BCUT2D eigenvalue weighted by atomic mass is 10.3. The molecule has 0 aromatic heterocycles. The number of ether oxygens (including phenoxy) is 1. The predicted molar refractivity (Wildman–Crippen MR) is 72.2 cm³/mol. The number of sulfonamides is 1. The van der Waals surface area contributed by atoms with Gasteiger partial charge in [0.25, 0.3) is 0 Å². The molecule has 0 unspecified atom stereocenters. The van der Waals surface area contributed by atoms with Gasteiger partial charge >= 0.3 is 0 Å². The largest absolute Gasteiger partial charge is 0.497 e. The molecule has 0 aliphatic carbocycles. The first-order valence-electron chi connectivity index (χ1n) is 5.93. The summed E-state index contributed by atoms with van der Waals surface area (Å²) >= 11 is 0. The molecule has 0 spiro atoms. The zero-order valence-corrected chi connectivity index (χ0v) is 11.6. The highest BCUT2D eigenvalue weighted by Gasteiger charge is 2.27. The molecule has 1 fully saturated rings. The van der Waals surface area contributed by atoms with Gasteiger partial charge in [-0.2, -0.15) is 4.31 Å². The smallest absolute Gasteiger partial charge is 0.243 e. The van der Waals surface area contributed by atoms with Crippen molar-refractivity contribution in [2.24, 2.45) is 0 Å². The maximum atomic E-state index is 12.4. The molecule has 2 rings (SSSR count). The molecule has 1 saturated heterocycles. The van der Waals surface area contributed by atoms with E-state index in [4.69, 9.17) is 11.2 Å². The monoisotopic (exact) mass is 280 g/mol. The van der Waals surface area contributed by atoms with E-state index in [-0.39, 0.29) is 4.90 Å². The van der Waals surface area contributed by atoms with Crippen LogP contribution in [0.4, 0.5) is 0 Å². The molecular weight excluding hydrogens is 264 g/mol. The van der Waals surface area contributed by atoms with Crippen molar-refractivity contribution in [3.63, 3.8) is 0 Å². The predicted octanol–water partition coefficient (Wildman–Crippen LogP) is 0.592. The van der Waals surface area contributed by atoms with Gasteiger partial charge in [0, 0.05) is 32.2 Å². The van der Waals surface area contributed by atoms with Gasteiger partial charge in [-0.15, -0.1) is 0 Å². The second kappa shape index (κ2) is 5.51. The molecule has 0 amide bonds. The van der Waals surface area contributed by atoms with Crippen LogP contribution in [0.25, 0.3) is 0 Å². The van der Waals surface area contributed by atoms with Gasteiger partial charge in [0.05, 0.1) is 12.0 Å². The molecule has 19 heavy (non-hydrogen) atoms. The van der Waals surface area contributed by atoms with E-state index in [0.717, 1.165) is 0 Å². The average molecular weight is 280 g/mol. The molecule has 1 aromatic rings. The van der Waals surface area contributed by atoms with Gasteiger partial charge in [-0.25, -0.2) is 8.42 Å². The summed E-state index contributed by atoms with van der Waals surface area (Å²) in [4.78, 5) is 2.06. The van der Waals surface area contributed by atoms with E-state index < -0.39 is 10.0 Å². The SMILES string of the molecule is C#CN1CCN(S(=O)(=O)c2ccc(OC)cc2)CC1. The van der Waals surface area contributed by atoms with Crippen LogP contribution in [0.3, 0.4) is 0 Å². The Morgan fingerprint density at radius 1 is 1.16 bits per heavy atom. The van der Waals surface area contributed by atoms with Crippen molar-refractivity contribution in [3.8, 4) is 18.2 Å². The van der Waals surface area contributed by atoms with Gasteiger partial charge < -0.3 is 9.64 Å². The van der Waals surface area contributed by atoms with Crippen LogP contribution in [0.1, 0.15) is 0 Å². The maximum absolute atomic E-state index is 12.4. The quantitative estimate of drug-likeness (QED) is 0.761. The summed E-state index contributed by atoms with van der Waals surface area (Å²) in [5.74, 6) is 0.635. The van der Waals surface area contributed by atoms with E-state index in [1.54, 1.807) is 36.3 Å². The lowest BCUT2D eigenvalue weighted by Crippen LogP contribution is -2.46. The summed E-state index contributed by atoms with van der Waals surface area (Å²) < 4.78 is 31.3. The summed E-state index contributed by atoms with van der Waals surface area (Å²) in [5.41, 5.74) is 0. The van der Waals surface area contributed by atoms with Crippen molar-refractivity contribution < 1.29 is 13.2 Å². The number of piperazine rings is 1. The normalized spacial score (nSPS) is 16.9. The number of hydrogen-bond acceptors (Lipinski definition) is 4. The molecule has 1 aromatic carbocycles. The zero-order chi connectivity index (χ0) is 13.9. The van der Waals surface area contributed by atoms with E-state index in [0.29, 0.717) is 31.9 Å². The van der Waals surface area contributed by atoms with Gasteiger partial charge in [-0.05, 0) is 24.3 Å². The van der Waals surface area contributed by atoms with Crippen LogP contribution in [0, 0.1) is 12.5 Å². The number of hydrogen-bond donors (Lipinski definition) is 0. The molecule has 6 heteroatoms. The topological polar surface area (TPSA) is 49.9 Å². The summed E-state index contributed by atoms with van der Waals surface area (Å²) in [5, 5.41) is 0. The fraction of sp³-hybridized carbons (Fsp3) is 0.385. The molecular formula is C13H16N2O3S. The Hall–Kier alpha value is -1.71. The second-order valence-electron chi connectivity index (χ2n) is 4.20. The van der Waals surface area contributed by atoms with Crippen LogP contribution < -0.4 is 4.74 Å². The molecule has 1 aliphatic rings. The molecule has 0 radical (unpaired) electrons. The van der Waals surface area contributed by atoms with Crippen LogP contribution in [-0.2, 0) is 10.0 Å². The van der Waals surface area contributed by atoms with E-state index >= 15 is 0 Å². The minimum absolute atomic E-state index is 0.280. The van der Waals surface area contributed by atoms with Gasteiger partial charge in [0.1, 0.15) is 5.75 Å². The lowest BCUT2D eigenvalue weighted by Gasteiger charge is -2.31. The fourth-order valence-electron chi connectivity index (χ4n) is 1.95. The van der Waals surface area contributed by atoms with Crippen molar-refractivity contribution in [3.05, 3.63) is 24.3 Å². The van der Waals surface area contributed by atoms with Crippen molar-refractivity contribution in [2.75, 3.05) is 33.3 Å². The van der Waals surface area contributed by atoms with E-state index in [1.165, 1.54) is 4.31 Å². The third-order valence-corrected chi connectivity index (χ3v) is 5.03.